The quantitative estimate of drug-likeness (QED) is 0.478. The van der Waals surface area contributed by atoms with Crippen molar-refractivity contribution in [3.8, 4) is 0 Å². The van der Waals surface area contributed by atoms with E-state index in [0.717, 1.165) is 24.0 Å². The molecular formula is C24H32O4. The number of aliphatic hydroxyl groups excluding tert-OH is 2. The average Bonchev–Trinajstić information content (AvgIpc) is 2.72. The van der Waals surface area contributed by atoms with E-state index in [2.05, 4.69) is 12.2 Å². The van der Waals surface area contributed by atoms with Gasteiger partial charge in [0.2, 0.25) is 0 Å². The van der Waals surface area contributed by atoms with Crippen LogP contribution in [-0.4, -0.2) is 35.6 Å². The van der Waals surface area contributed by atoms with Crippen molar-refractivity contribution in [3.63, 3.8) is 0 Å². The molecule has 152 valence electrons. The number of benzene rings is 2. The third-order valence-electron chi connectivity index (χ3n) is 4.34. The van der Waals surface area contributed by atoms with Gasteiger partial charge in [-0.25, -0.2) is 0 Å². The van der Waals surface area contributed by atoms with Gasteiger partial charge in [-0.3, -0.25) is 0 Å². The smallest absolute Gasteiger partial charge is 0.0776 e. The van der Waals surface area contributed by atoms with Gasteiger partial charge in [0.1, 0.15) is 0 Å². The highest BCUT2D eigenvalue weighted by molar-refractivity contribution is 5.14. The van der Waals surface area contributed by atoms with Crippen LogP contribution in [0.4, 0.5) is 0 Å². The summed E-state index contributed by atoms with van der Waals surface area (Å²) in [6.07, 6.45) is 6.15. The van der Waals surface area contributed by atoms with Crippen LogP contribution < -0.4 is 0 Å². The molecule has 2 aromatic carbocycles. The summed E-state index contributed by atoms with van der Waals surface area (Å²) in [7, 11) is 0. The first kappa shape index (κ1) is 22.3. The van der Waals surface area contributed by atoms with Gasteiger partial charge >= 0.3 is 0 Å². The number of rotatable bonds is 14. The number of aliphatic hydroxyl groups is 2. The highest BCUT2D eigenvalue weighted by atomic mass is 16.5. The number of hydrogen-bond acceptors (Lipinski definition) is 4. The zero-order valence-corrected chi connectivity index (χ0v) is 16.5. The van der Waals surface area contributed by atoms with E-state index >= 15 is 0 Å². The maximum atomic E-state index is 9.95. The van der Waals surface area contributed by atoms with Crippen LogP contribution in [0.25, 0.3) is 0 Å². The summed E-state index contributed by atoms with van der Waals surface area (Å²) < 4.78 is 11.1. The number of hydrogen-bond donors (Lipinski definition) is 2. The molecule has 0 unspecified atom stereocenters. The lowest BCUT2D eigenvalue weighted by Crippen LogP contribution is -2.15. The SMILES string of the molecule is O[C@@H](CC/C=C/CC[C@H](O)COCc1ccccc1)COCc1ccccc1. The fraction of sp³-hybridized carbons (Fsp3) is 0.417. The Kier molecular flexibility index (Phi) is 11.2. The topological polar surface area (TPSA) is 58.9 Å². The zero-order valence-electron chi connectivity index (χ0n) is 16.5. The fourth-order valence-electron chi connectivity index (χ4n) is 2.75. The first-order valence-corrected chi connectivity index (χ1v) is 9.98. The monoisotopic (exact) mass is 384 g/mol. The van der Waals surface area contributed by atoms with Crippen LogP contribution in [0.5, 0.6) is 0 Å². The van der Waals surface area contributed by atoms with E-state index in [4.69, 9.17) is 9.47 Å². The average molecular weight is 385 g/mol. The summed E-state index contributed by atoms with van der Waals surface area (Å²) in [6.45, 7) is 1.75. The van der Waals surface area contributed by atoms with Gasteiger partial charge < -0.3 is 19.7 Å². The summed E-state index contributed by atoms with van der Waals surface area (Å²) in [6, 6.07) is 19.9. The van der Waals surface area contributed by atoms with E-state index in [-0.39, 0.29) is 0 Å². The molecule has 4 heteroatoms. The Bertz CT molecular complexity index is 585. The molecule has 28 heavy (non-hydrogen) atoms. The Morgan fingerprint density at radius 2 is 1.04 bits per heavy atom. The Labute approximate surface area is 168 Å². The molecule has 0 saturated heterocycles. The standard InChI is InChI=1S/C24H32O4/c25-23(19-27-17-21-11-5-3-6-12-21)15-9-1-2-10-16-24(26)20-28-18-22-13-7-4-8-14-22/h1-8,11-14,23-26H,9-10,15-20H2/b2-1+/t23-,24-/m0/s1. The summed E-state index contributed by atoms with van der Waals surface area (Å²) in [4.78, 5) is 0. The Hall–Kier alpha value is -1.98. The fourth-order valence-corrected chi connectivity index (χ4v) is 2.75. The van der Waals surface area contributed by atoms with E-state index in [0.29, 0.717) is 39.3 Å². The molecular weight excluding hydrogens is 352 g/mol. The second kappa shape index (κ2) is 14.1. The minimum atomic E-state index is -0.453. The largest absolute Gasteiger partial charge is 0.391 e. The molecule has 0 aliphatic rings. The normalized spacial score (nSPS) is 13.6. The molecule has 2 atom stereocenters. The molecule has 0 bridgehead atoms. The van der Waals surface area contributed by atoms with E-state index < -0.39 is 12.2 Å². The molecule has 0 spiro atoms. The van der Waals surface area contributed by atoms with Gasteiger partial charge in [0.05, 0.1) is 38.6 Å². The maximum absolute atomic E-state index is 9.95. The minimum absolute atomic E-state index is 0.347. The van der Waals surface area contributed by atoms with Crippen molar-refractivity contribution >= 4 is 0 Å². The molecule has 4 nitrogen and oxygen atoms in total. The van der Waals surface area contributed by atoms with Gasteiger partial charge in [-0.2, -0.15) is 0 Å². The highest BCUT2D eigenvalue weighted by Crippen LogP contribution is 2.06. The van der Waals surface area contributed by atoms with Gasteiger partial charge in [0, 0.05) is 0 Å². The summed E-state index contributed by atoms with van der Waals surface area (Å²) >= 11 is 0. The predicted octanol–water partition coefficient (Wildman–Crippen LogP) is 4.26. The molecule has 0 radical (unpaired) electrons. The molecule has 0 aromatic heterocycles. The summed E-state index contributed by atoms with van der Waals surface area (Å²) in [5.74, 6) is 0. The lowest BCUT2D eigenvalue weighted by molar-refractivity contribution is 0.0246. The molecule has 0 aliphatic carbocycles. The minimum Gasteiger partial charge on any atom is -0.391 e. The predicted molar refractivity (Wildman–Crippen MR) is 112 cm³/mol. The van der Waals surface area contributed by atoms with Crippen LogP contribution in [0, 0.1) is 0 Å². The third kappa shape index (κ3) is 10.4. The molecule has 2 aromatic rings. The van der Waals surface area contributed by atoms with Crippen molar-refractivity contribution in [3.05, 3.63) is 83.9 Å². The van der Waals surface area contributed by atoms with Crippen molar-refractivity contribution in [2.45, 2.75) is 51.1 Å². The zero-order chi connectivity index (χ0) is 19.9. The molecule has 0 fully saturated rings. The second-order valence-electron chi connectivity index (χ2n) is 6.94. The van der Waals surface area contributed by atoms with Crippen LogP contribution in [0.1, 0.15) is 36.8 Å². The Morgan fingerprint density at radius 3 is 1.43 bits per heavy atom. The van der Waals surface area contributed by atoms with Gasteiger partial charge in [0.15, 0.2) is 0 Å². The molecule has 2 N–H and O–H groups in total. The van der Waals surface area contributed by atoms with Gasteiger partial charge in [0.25, 0.3) is 0 Å². The van der Waals surface area contributed by atoms with Crippen LogP contribution in [-0.2, 0) is 22.7 Å². The first-order valence-electron chi connectivity index (χ1n) is 9.98. The second-order valence-corrected chi connectivity index (χ2v) is 6.94. The van der Waals surface area contributed by atoms with Crippen LogP contribution in [0.15, 0.2) is 72.8 Å². The lowest BCUT2D eigenvalue weighted by Gasteiger charge is -2.11. The Morgan fingerprint density at radius 1 is 0.643 bits per heavy atom. The van der Waals surface area contributed by atoms with Gasteiger partial charge in [-0.1, -0.05) is 72.8 Å². The lowest BCUT2D eigenvalue weighted by atomic mass is 10.1. The van der Waals surface area contributed by atoms with E-state index in [9.17, 15) is 10.2 Å². The molecule has 0 saturated carbocycles. The van der Waals surface area contributed by atoms with Crippen molar-refractivity contribution in [1.82, 2.24) is 0 Å². The number of ether oxygens (including phenoxy) is 2. The van der Waals surface area contributed by atoms with Crippen molar-refractivity contribution in [2.24, 2.45) is 0 Å². The van der Waals surface area contributed by atoms with E-state index in [1.54, 1.807) is 0 Å². The summed E-state index contributed by atoms with van der Waals surface area (Å²) in [5.41, 5.74) is 2.22. The van der Waals surface area contributed by atoms with E-state index in [1.165, 1.54) is 0 Å². The molecule has 0 aliphatic heterocycles. The van der Waals surface area contributed by atoms with Crippen molar-refractivity contribution in [2.75, 3.05) is 13.2 Å². The van der Waals surface area contributed by atoms with Gasteiger partial charge in [-0.15, -0.1) is 0 Å². The van der Waals surface area contributed by atoms with Crippen LogP contribution >= 0.6 is 0 Å². The maximum Gasteiger partial charge on any atom is 0.0776 e. The molecule has 0 amide bonds. The van der Waals surface area contributed by atoms with Gasteiger partial charge in [-0.05, 0) is 36.8 Å². The molecule has 2 rings (SSSR count). The first-order chi connectivity index (χ1) is 13.7. The molecule has 0 heterocycles. The van der Waals surface area contributed by atoms with Crippen molar-refractivity contribution in [1.29, 1.82) is 0 Å². The van der Waals surface area contributed by atoms with Crippen LogP contribution in [0.2, 0.25) is 0 Å². The Balaban J connectivity index is 1.44. The van der Waals surface area contributed by atoms with Crippen molar-refractivity contribution < 1.29 is 19.7 Å². The number of allylic oxidation sites excluding steroid dienone is 2. The van der Waals surface area contributed by atoms with E-state index in [1.807, 2.05) is 60.7 Å². The van der Waals surface area contributed by atoms with Crippen LogP contribution in [0.3, 0.4) is 0 Å². The highest BCUT2D eigenvalue weighted by Gasteiger charge is 2.04. The third-order valence-corrected chi connectivity index (χ3v) is 4.34. The summed E-state index contributed by atoms with van der Waals surface area (Å²) in [5, 5.41) is 19.9.